The van der Waals surface area contributed by atoms with Gasteiger partial charge in [0, 0.05) is 18.1 Å². The van der Waals surface area contributed by atoms with Crippen molar-refractivity contribution in [3.8, 4) is 11.5 Å². The van der Waals surface area contributed by atoms with Gasteiger partial charge in [-0.25, -0.2) is 4.98 Å². The Labute approximate surface area is 245 Å². The molecule has 0 saturated heterocycles. The van der Waals surface area contributed by atoms with E-state index in [1.165, 1.54) is 23.2 Å². The van der Waals surface area contributed by atoms with Crippen LogP contribution in [0.4, 0.5) is 5.69 Å². The molecule has 0 spiro atoms. The van der Waals surface area contributed by atoms with Gasteiger partial charge in [0.05, 0.1) is 32.2 Å². The molecule has 40 heavy (non-hydrogen) atoms. The van der Waals surface area contributed by atoms with Crippen molar-refractivity contribution >= 4 is 45.4 Å². The second kappa shape index (κ2) is 12.6. The third-order valence-electron chi connectivity index (χ3n) is 6.93. The third kappa shape index (κ3) is 6.16. The average molecular weight is 652 g/mol. The normalized spacial score (nSPS) is 14.1. The number of nitro benzene ring substituents is 1. The monoisotopic (exact) mass is 652 g/mol. The van der Waals surface area contributed by atoms with Crippen LogP contribution in [0.5, 0.6) is 11.5 Å². The number of rotatable bonds is 9. The molecule has 1 aliphatic rings. The number of ether oxygens (including phenoxy) is 2. The Kier molecular flexibility index (Phi) is 8.73. The lowest BCUT2D eigenvalue weighted by Crippen LogP contribution is -2.25. The van der Waals surface area contributed by atoms with Gasteiger partial charge < -0.3 is 9.47 Å². The average Bonchev–Trinajstić information content (AvgIpc) is 2.97. The van der Waals surface area contributed by atoms with Crippen LogP contribution < -0.4 is 15.0 Å². The zero-order valence-electron chi connectivity index (χ0n) is 22.1. The molecule has 4 aromatic rings. The Morgan fingerprint density at radius 3 is 2.58 bits per heavy atom. The van der Waals surface area contributed by atoms with Crippen molar-refractivity contribution in [2.45, 2.75) is 51.6 Å². The Bertz CT molecular complexity index is 1610. The SMILES string of the molecule is CCOc1cc(C=Nn2c(C3CCCCC3)nc3ccccc3c2=O)cc(I)c1OCc1ccc([N+](=O)[O-])cc1. The summed E-state index contributed by atoms with van der Waals surface area (Å²) in [6, 6.07) is 17.4. The molecule has 5 rings (SSSR count). The second-order valence-corrected chi connectivity index (χ2v) is 10.8. The minimum absolute atomic E-state index is 0.0318. The second-order valence-electron chi connectivity index (χ2n) is 9.66. The van der Waals surface area contributed by atoms with Crippen molar-refractivity contribution in [1.82, 2.24) is 9.66 Å². The molecule has 0 radical (unpaired) electrons. The lowest BCUT2D eigenvalue weighted by molar-refractivity contribution is -0.384. The summed E-state index contributed by atoms with van der Waals surface area (Å²) in [5.41, 5.74) is 2.11. The highest BCUT2D eigenvalue weighted by atomic mass is 127. The van der Waals surface area contributed by atoms with Gasteiger partial charge in [-0.2, -0.15) is 9.78 Å². The molecule has 3 aromatic carbocycles. The number of halogens is 1. The molecule has 0 atom stereocenters. The molecule has 1 saturated carbocycles. The van der Waals surface area contributed by atoms with Crippen molar-refractivity contribution in [1.29, 1.82) is 0 Å². The van der Waals surface area contributed by atoms with E-state index < -0.39 is 4.92 Å². The minimum Gasteiger partial charge on any atom is -0.490 e. The molecule has 0 aliphatic heterocycles. The van der Waals surface area contributed by atoms with Gasteiger partial charge in [0.1, 0.15) is 12.4 Å². The minimum atomic E-state index is -0.429. The molecular formula is C30H29IN4O5. The maximum absolute atomic E-state index is 13.5. The molecule has 1 fully saturated rings. The van der Waals surface area contributed by atoms with Gasteiger partial charge in [-0.1, -0.05) is 31.4 Å². The van der Waals surface area contributed by atoms with Crippen LogP contribution in [0.1, 0.15) is 61.9 Å². The quantitative estimate of drug-likeness (QED) is 0.0851. The van der Waals surface area contributed by atoms with E-state index in [-0.39, 0.29) is 23.8 Å². The molecule has 10 heteroatoms. The number of benzene rings is 3. The predicted molar refractivity (Wildman–Crippen MR) is 163 cm³/mol. The fourth-order valence-electron chi connectivity index (χ4n) is 4.94. The van der Waals surface area contributed by atoms with Crippen LogP contribution in [0, 0.1) is 13.7 Å². The highest BCUT2D eigenvalue weighted by molar-refractivity contribution is 14.1. The van der Waals surface area contributed by atoms with Crippen LogP contribution in [0.3, 0.4) is 0 Å². The fourth-order valence-corrected chi connectivity index (χ4v) is 5.72. The van der Waals surface area contributed by atoms with E-state index >= 15 is 0 Å². The van der Waals surface area contributed by atoms with Gasteiger partial charge in [0.2, 0.25) is 0 Å². The van der Waals surface area contributed by atoms with Crippen LogP contribution in [0.2, 0.25) is 0 Å². The first-order valence-corrected chi connectivity index (χ1v) is 14.4. The molecule has 206 valence electrons. The summed E-state index contributed by atoms with van der Waals surface area (Å²) in [7, 11) is 0. The molecule has 0 unspecified atom stereocenters. The summed E-state index contributed by atoms with van der Waals surface area (Å²) >= 11 is 2.19. The van der Waals surface area contributed by atoms with Gasteiger partial charge in [-0.15, -0.1) is 0 Å². The summed E-state index contributed by atoms with van der Waals surface area (Å²) in [6.45, 7) is 2.55. The van der Waals surface area contributed by atoms with E-state index in [2.05, 4.69) is 27.7 Å². The summed E-state index contributed by atoms with van der Waals surface area (Å²) < 4.78 is 14.2. The molecule has 0 bridgehead atoms. The Morgan fingerprint density at radius 2 is 1.85 bits per heavy atom. The van der Waals surface area contributed by atoms with Gasteiger partial charge in [0.25, 0.3) is 11.2 Å². The van der Waals surface area contributed by atoms with E-state index in [9.17, 15) is 14.9 Å². The maximum Gasteiger partial charge on any atom is 0.282 e. The van der Waals surface area contributed by atoms with Crippen molar-refractivity contribution in [2.75, 3.05) is 6.61 Å². The van der Waals surface area contributed by atoms with Crippen molar-refractivity contribution in [2.24, 2.45) is 5.10 Å². The molecular weight excluding hydrogens is 623 g/mol. The predicted octanol–water partition coefficient (Wildman–Crippen LogP) is 6.82. The largest absolute Gasteiger partial charge is 0.490 e. The van der Waals surface area contributed by atoms with Crippen LogP contribution >= 0.6 is 22.6 Å². The number of nitro groups is 1. The Morgan fingerprint density at radius 1 is 1.10 bits per heavy atom. The van der Waals surface area contributed by atoms with Gasteiger partial charge in [-0.05, 0) is 89.9 Å². The molecule has 0 amide bonds. The standard InChI is InChI=1S/C30H29IN4O5/c1-2-39-27-17-21(16-25(31)28(27)40-19-20-12-14-23(15-13-20)35(37)38)18-32-34-29(22-8-4-3-5-9-22)33-26-11-7-6-10-24(26)30(34)36/h6-7,10-18,22H,2-5,8-9,19H2,1H3. The van der Waals surface area contributed by atoms with E-state index in [0.29, 0.717) is 34.8 Å². The highest BCUT2D eigenvalue weighted by Gasteiger charge is 2.22. The van der Waals surface area contributed by atoms with Gasteiger partial charge in [0.15, 0.2) is 11.5 Å². The van der Waals surface area contributed by atoms with Crippen molar-refractivity contribution < 1.29 is 14.4 Å². The number of nitrogens with zero attached hydrogens (tertiary/aromatic N) is 4. The van der Waals surface area contributed by atoms with Crippen LogP contribution in [0.15, 0.2) is 70.6 Å². The van der Waals surface area contributed by atoms with Crippen molar-refractivity contribution in [3.63, 3.8) is 0 Å². The first-order valence-electron chi connectivity index (χ1n) is 13.3. The molecule has 0 N–H and O–H groups in total. The molecule has 1 aliphatic carbocycles. The van der Waals surface area contributed by atoms with E-state index in [0.717, 1.165) is 40.4 Å². The third-order valence-corrected chi connectivity index (χ3v) is 7.73. The number of fused-ring (bicyclic) bond motifs is 1. The van der Waals surface area contributed by atoms with E-state index in [4.69, 9.17) is 14.5 Å². The zero-order chi connectivity index (χ0) is 28.1. The van der Waals surface area contributed by atoms with Crippen LogP contribution in [-0.4, -0.2) is 27.4 Å². The number of aromatic nitrogens is 2. The molecule has 1 heterocycles. The maximum atomic E-state index is 13.5. The van der Waals surface area contributed by atoms with E-state index in [1.807, 2.05) is 37.3 Å². The van der Waals surface area contributed by atoms with Crippen LogP contribution in [-0.2, 0) is 6.61 Å². The van der Waals surface area contributed by atoms with Gasteiger partial charge in [-0.3, -0.25) is 14.9 Å². The first kappa shape index (κ1) is 27.8. The zero-order valence-corrected chi connectivity index (χ0v) is 24.2. The van der Waals surface area contributed by atoms with Crippen LogP contribution in [0.25, 0.3) is 10.9 Å². The number of non-ortho nitro benzene ring substituents is 1. The lowest BCUT2D eigenvalue weighted by Gasteiger charge is -2.22. The number of hydrogen-bond donors (Lipinski definition) is 0. The topological polar surface area (TPSA) is 109 Å². The number of para-hydroxylation sites is 1. The van der Waals surface area contributed by atoms with E-state index in [1.54, 1.807) is 24.4 Å². The Hall–Kier alpha value is -3.80. The summed E-state index contributed by atoms with van der Waals surface area (Å²) in [5, 5.41) is 16.1. The molecule has 9 nitrogen and oxygen atoms in total. The summed E-state index contributed by atoms with van der Waals surface area (Å²) in [6.07, 6.45) is 7.09. The first-order chi connectivity index (χ1) is 19.4. The lowest BCUT2D eigenvalue weighted by atomic mass is 9.88. The summed E-state index contributed by atoms with van der Waals surface area (Å²) in [5.74, 6) is 2.03. The van der Waals surface area contributed by atoms with Gasteiger partial charge >= 0.3 is 0 Å². The number of hydrogen-bond acceptors (Lipinski definition) is 7. The molecule has 1 aromatic heterocycles. The smallest absolute Gasteiger partial charge is 0.282 e. The van der Waals surface area contributed by atoms with Crippen molar-refractivity contribution in [3.05, 3.63) is 102 Å². The fraction of sp³-hybridized carbons (Fsp3) is 0.300. The summed E-state index contributed by atoms with van der Waals surface area (Å²) in [4.78, 5) is 28.9. The highest BCUT2D eigenvalue weighted by Crippen LogP contribution is 2.35. The Balaban J connectivity index is 1.46.